The van der Waals surface area contributed by atoms with Crippen LogP contribution in [0.1, 0.15) is 18.9 Å². The maximum atomic E-state index is 13.4. The van der Waals surface area contributed by atoms with Crippen molar-refractivity contribution in [2.24, 2.45) is 0 Å². The van der Waals surface area contributed by atoms with Crippen molar-refractivity contribution in [1.29, 1.82) is 0 Å². The average Bonchev–Trinajstić information content (AvgIpc) is 3.46. The summed E-state index contributed by atoms with van der Waals surface area (Å²) < 4.78 is 3.64. The molecule has 0 unspecified atom stereocenters. The molecule has 0 bridgehead atoms. The molecule has 0 spiro atoms. The molecule has 11 heteroatoms. The second-order valence-electron chi connectivity index (χ2n) is 9.10. The number of anilines is 1. The molecule has 1 aromatic carbocycles. The van der Waals surface area contributed by atoms with Crippen LogP contribution in [0.25, 0.3) is 33.3 Å². The van der Waals surface area contributed by atoms with E-state index in [1.165, 1.54) is 6.33 Å². The number of aromatic nitrogens is 6. The van der Waals surface area contributed by atoms with Gasteiger partial charge in [-0.1, -0.05) is 29.8 Å². The van der Waals surface area contributed by atoms with Crippen LogP contribution < -0.4 is 11.0 Å². The number of halogens is 1. The number of benzene rings is 1. The molecule has 1 aliphatic heterocycles. The number of hydrogen-bond acceptors (Lipinski definition) is 6. The van der Waals surface area contributed by atoms with Crippen molar-refractivity contribution in [3.63, 3.8) is 0 Å². The molecule has 4 aromatic heterocycles. The molecule has 0 radical (unpaired) electrons. The maximum Gasteiger partial charge on any atom is 0.327 e. The number of carbonyl (C=O) groups is 1. The third-order valence-corrected chi connectivity index (χ3v) is 7.36. The molecular weight excluding hydrogens is 492 g/mol. The van der Waals surface area contributed by atoms with Crippen molar-refractivity contribution in [3.8, 4) is 11.1 Å². The summed E-state index contributed by atoms with van der Waals surface area (Å²) in [7, 11) is 1.81. The molecule has 188 valence electrons. The van der Waals surface area contributed by atoms with Crippen LogP contribution in [0.15, 0.2) is 59.9 Å². The number of piperidine rings is 1. The predicted octanol–water partition coefficient (Wildman–Crippen LogP) is 3.70. The minimum atomic E-state index is -0.163. The summed E-state index contributed by atoms with van der Waals surface area (Å²) >= 11 is 6.52. The Balaban J connectivity index is 1.25. The van der Waals surface area contributed by atoms with Gasteiger partial charge in [-0.3, -0.25) is 14.3 Å². The molecule has 6 rings (SSSR count). The molecule has 0 atom stereocenters. The van der Waals surface area contributed by atoms with Gasteiger partial charge in [-0.2, -0.15) is 0 Å². The van der Waals surface area contributed by atoms with Gasteiger partial charge in [-0.05, 0) is 31.0 Å². The predicted molar refractivity (Wildman–Crippen MR) is 143 cm³/mol. The van der Waals surface area contributed by atoms with Gasteiger partial charge in [-0.15, -0.1) is 0 Å². The third-order valence-electron chi connectivity index (χ3n) is 7.03. The van der Waals surface area contributed by atoms with Crippen LogP contribution in [0.5, 0.6) is 0 Å². The molecular formula is C26H25ClN8O2. The molecule has 1 saturated heterocycles. The summed E-state index contributed by atoms with van der Waals surface area (Å²) in [4.78, 5) is 43.8. The van der Waals surface area contributed by atoms with Crippen LogP contribution >= 0.6 is 11.6 Å². The first kappa shape index (κ1) is 23.2. The Bertz CT molecular complexity index is 1680. The number of nitrogens with zero attached hydrogens (tertiary/aromatic N) is 6. The van der Waals surface area contributed by atoms with E-state index in [9.17, 15) is 9.59 Å². The number of fused-ring (bicyclic) bond motifs is 2. The highest BCUT2D eigenvalue weighted by molar-refractivity contribution is 6.33. The first-order chi connectivity index (χ1) is 18.0. The van der Waals surface area contributed by atoms with E-state index in [2.05, 4.69) is 25.3 Å². The van der Waals surface area contributed by atoms with Gasteiger partial charge in [0.1, 0.15) is 24.3 Å². The lowest BCUT2D eigenvalue weighted by molar-refractivity contribution is -0.133. The Kier molecular flexibility index (Phi) is 5.88. The maximum absolute atomic E-state index is 13.4. The minimum Gasteiger partial charge on any atom is -0.372 e. The number of aromatic amines is 1. The van der Waals surface area contributed by atoms with Crippen LogP contribution in [0.3, 0.4) is 0 Å². The van der Waals surface area contributed by atoms with Crippen molar-refractivity contribution >= 4 is 45.5 Å². The van der Waals surface area contributed by atoms with E-state index in [-0.39, 0.29) is 24.2 Å². The normalized spacial score (nSPS) is 14.5. The Hall–Kier alpha value is -4.18. The Morgan fingerprint density at radius 2 is 1.92 bits per heavy atom. The zero-order valence-electron chi connectivity index (χ0n) is 20.2. The number of H-pyrrole nitrogens is 1. The number of hydrogen-bond donors (Lipinski definition) is 2. The number of rotatable bonds is 5. The van der Waals surface area contributed by atoms with E-state index < -0.39 is 0 Å². The molecule has 0 aliphatic carbocycles. The van der Waals surface area contributed by atoms with Crippen LogP contribution in [-0.2, 0) is 11.3 Å². The summed E-state index contributed by atoms with van der Waals surface area (Å²) in [6.07, 6.45) is 6.46. The van der Waals surface area contributed by atoms with E-state index in [4.69, 9.17) is 11.6 Å². The molecule has 1 amide bonds. The number of carbonyl (C=O) groups excluding carboxylic acids is 1. The highest BCUT2D eigenvalue weighted by Gasteiger charge is 2.27. The lowest BCUT2D eigenvalue weighted by Crippen LogP contribution is -2.41. The van der Waals surface area contributed by atoms with E-state index >= 15 is 0 Å². The first-order valence-electron chi connectivity index (χ1n) is 12.1. The summed E-state index contributed by atoms with van der Waals surface area (Å²) in [5.41, 5.74) is 3.60. The lowest BCUT2D eigenvalue weighted by atomic mass is 10.0. The van der Waals surface area contributed by atoms with Crippen molar-refractivity contribution in [1.82, 2.24) is 34.0 Å². The van der Waals surface area contributed by atoms with Gasteiger partial charge in [-0.25, -0.2) is 19.7 Å². The Morgan fingerprint density at radius 1 is 1.11 bits per heavy atom. The summed E-state index contributed by atoms with van der Waals surface area (Å²) in [6, 6.07) is 11.3. The Labute approximate surface area is 216 Å². The quantitative estimate of drug-likeness (QED) is 0.368. The first-order valence-corrected chi connectivity index (χ1v) is 12.5. The van der Waals surface area contributed by atoms with E-state index in [1.807, 2.05) is 52.1 Å². The van der Waals surface area contributed by atoms with Crippen LogP contribution in [-0.4, -0.2) is 60.0 Å². The zero-order valence-corrected chi connectivity index (χ0v) is 20.9. The second kappa shape index (κ2) is 9.36. The van der Waals surface area contributed by atoms with E-state index in [0.717, 1.165) is 22.0 Å². The largest absolute Gasteiger partial charge is 0.372 e. The highest BCUT2D eigenvalue weighted by atomic mass is 35.5. The van der Waals surface area contributed by atoms with Crippen molar-refractivity contribution in [3.05, 3.63) is 70.6 Å². The van der Waals surface area contributed by atoms with Gasteiger partial charge in [0.25, 0.3) is 0 Å². The number of likely N-dealkylation sites (tertiary alicyclic amines) is 1. The number of nitrogens with one attached hydrogen (secondary N) is 2. The van der Waals surface area contributed by atoms with Gasteiger partial charge in [0.15, 0.2) is 5.65 Å². The molecule has 5 aromatic rings. The van der Waals surface area contributed by atoms with Gasteiger partial charge < -0.3 is 14.8 Å². The monoisotopic (exact) mass is 516 g/mol. The van der Waals surface area contributed by atoms with Crippen LogP contribution in [0, 0.1) is 0 Å². The lowest BCUT2D eigenvalue weighted by Gasteiger charge is -2.32. The molecule has 5 heterocycles. The summed E-state index contributed by atoms with van der Waals surface area (Å²) in [6.45, 7) is 1.27. The molecule has 2 N–H and O–H groups in total. The SMILES string of the molecule is CNc1ncnc2c1c(-c1ccccc1Cl)cn2CC(=O)N1CCC(n2c(=O)[nH]c3ncccc32)CC1. The molecule has 37 heavy (non-hydrogen) atoms. The summed E-state index contributed by atoms with van der Waals surface area (Å²) in [5, 5.41) is 4.56. The van der Waals surface area contributed by atoms with Gasteiger partial charge in [0, 0.05) is 54.7 Å². The van der Waals surface area contributed by atoms with Gasteiger partial charge >= 0.3 is 5.69 Å². The zero-order chi connectivity index (χ0) is 25.5. The fourth-order valence-electron chi connectivity index (χ4n) is 5.26. The van der Waals surface area contributed by atoms with Crippen LogP contribution in [0.2, 0.25) is 5.02 Å². The molecule has 0 saturated carbocycles. The molecule has 10 nitrogen and oxygen atoms in total. The van der Waals surface area contributed by atoms with Crippen molar-refractivity contribution in [2.75, 3.05) is 25.5 Å². The molecule has 1 fully saturated rings. The van der Waals surface area contributed by atoms with E-state index in [1.54, 1.807) is 17.8 Å². The smallest absolute Gasteiger partial charge is 0.327 e. The fourth-order valence-corrected chi connectivity index (χ4v) is 5.50. The summed E-state index contributed by atoms with van der Waals surface area (Å²) in [5.74, 6) is 0.671. The standard InChI is InChI=1S/C26H25ClN8O2/c1-28-24-22-18(17-5-2-3-6-19(17)27)13-34(25(22)31-15-30-24)14-21(36)33-11-8-16(9-12-33)35-20-7-4-10-29-23(20)32-26(35)37/h2-7,10,13,15-16H,8-9,11-12,14H2,1H3,(H,28,30,31)(H,29,32,37). The Morgan fingerprint density at radius 3 is 2.70 bits per heavy atom. The van der Waals surface area contributed by atoms with Crippen molar-refractivity contribution in [2.45, 2.75) is 25.4 Å². The average molecular weight is 517 g/mol. The van der Waals surface area contributed by atoms with Crippen LogP contribution in [0.4, 0.5) is 5.82 Å². The fraction of sp³-hybridized carbons (Fsp3) is 0.269. The molecule has 1 aliphatic rings. The van der Waals surface area contributed by atoms with Gasteiger partial charge in [0.05, 0.1) is 10.9 Å². The highest BCUT2D eigenvalue weighted by Crippen LogP contribution is 2.37. The number of amides is 1. The topological polar surface area (TPSA) is 114 Å². The number of imidazole rings is 1. The minimum absolute atomic E-state index is 0.00128. The van der Waals surface area contributed by atoms with E-state index in [0.29, 0.717) is 48.1 Å². The van der Waals surface area contributed by atoms with Gasteiger partial charge in [0.2, 0.25) is 5.91 Å². The third kappa shape index (κ3) is 4.03. The number of pyridine rings is 1. The second-order valence-corrected chi connectivity index (χ2v) is 9.51. The van der Waals surface area contributed by atoms with Crippen molar-refractivity contribution < 1.29 is 4.79 Å².